The fourth-order valence-corrected chi connectivity index (χ4v) is 4.00. The van der Waals surface area contributed by atoms with Gasteiger partial charge in [0.2, 0.25) is 0 Å². The quantitative estimate of drug-likeness (QED) is 0.365. The molecule has 0 aromatic heterocycles. The summed E-state index contributed by atoms with van der Waals surface area (Å²) in [6, 6.07) is 0. The topological polar surface area (TPSA) is 125 Å². The van der Waals surface area contributed by atoms with Crippen molar-refractivity contribution in [3.8, 4) is 0 Å². The molecule has 2 aliphatic rings. The Morgan fingerprint density at radius 3 is 2.56 bits per heavy atom. The van der Waals surface area contributed by atoms with Crippen molar-refractivity contribution in [2.24, 2.45) is 17.8 Å². The van der Waals surface area contributed by atoms with E-state index in [1.165, 1.54) is 14.0 Å². The fourth-order valence-electron chi connectivity index (χ4n) is 4.00. The molecule has 9 heteroatoms. The summed E-state index contributed by atoms with van der Waals surface area (Å²) in [7, 11) is 1.19. The van der Waals surface area contributed by atoms with Crippen LogP contribution in [0.1, 0.15) is 46.5 Å². The molecule has 0 aromatic carbocycles. The Labute approximate surface area is 187 Å². The fraction of sp³-hybridized carbons (Fsp3) is 0.652. The van der Waals surface area contributed by atoms with Crippen molar-refractivity contribution in [2.75, 3.05) is 13.7 Å². The van der Waals surface area contributed by atoms with Crippen LogP contribution in [0.2, 0.25) is 0 Å². The van der Waals surface area contributed by atoms with Gasteiger partial charge in [-0.15, -0.1) is 0 Å². The van der Waals surface area contributed by atoms with Crippen LogP contribution in [-0.4, -0.2) is 61.0 Å². The lowest BCUT2D eigenvalue weighted by Crippen LogP contribution is -2.47. The van der Waals surface area contributed by atoms with Gasteiger partial charge in [0.05, 0.1) is 24.5 Å². The molecule has 32 heavy (non-hydrogen) atoms. The van der Waals surface area contributed by atoms with Crippen LogP contribution < -0.4 is 0 Å². The number of aliphatic hydroxyl groups is 1. The van der Waals surface area contributed by atoms with E-state index in [4.69, 9.17) is 18.9 Å². The van der Waals surface area contributed by atoms with E-state index < -0.39 is 54.0 Å². The molecule has 1 N–H and O–H groups in total. The van der Waals surface area contributed by atoms with Gasteiger partial charge >= 0.3 is 23.9 Å². The van der Waals surface area contributed by atoms with Crippen LogP contribution in [0.5, 0.6) is 0 Å². The maximum atomic E-state index is 12.8. The minimum Gasteiger partial charge on any atom is -0.466 e. The number of ether oxygens (including phenoxy) is 4. The predicted octanol–water partition coefficient (Wildman–Crippen LogP) is 1.87. The molecule has 0 saturated carbocycles. The van der Waals surface area contributed by atoms with Crippen LogP contribution in [0.4, 0.5) is 0 Å². The molecule has 0 radical (unpaired) electrons. The van der Waals surface area contributed by atoms with E-state index >= 15 is 0 Å². The van der Waals surface area contributed by atoms with Gasteiger partial charge in [0.15, 0.2) is 12.2 Å². The maximum absolute atomic E-state index is 12.8. The SMILES string of the molecule is C=C1C(=O)O[C@@H]2C[C@@H](CO)CC/C=C(/C(=O)OC)[C@H](OC(C)=O)[C@@H](OC(=O)[C@@H](C)CC)[C@@H]12. The molecular formula is C23H32O9. The maximum Gasteiger partial charge on any atom is 0.337 e. The highest BCUT2D eigenvalue weighted by Crippen LogP contribution is 2.40. The zero-order valence-electron chi connectivity index (χ0n) is 19.0. The number of methoxy groups -OCH3 is 1. The van der Waals surface area contributed by atoms with Crippen molar-refractivity contribution >= 4 is 23.9 Å². The van der Waals surface area contributed by atoms with E-state index in [-0.39, 0.29) is 23.7 Å². The molecule has 1 fully saturated rings. The molecule has 178 valence electrons. The molecule has 1 aliphatic heterocycles. The Balaban J connectivity index is 2.66. The van der Waals surface area contributed by atoms with Gasteiger partial charge in [0.25, 0.3) is 0 Å². The van der Waals surface area contributed by atoms with E-state index in [1.807, 2.05) is 6.92 Å². The largest absolute Gasteiger partial charge is 0.466 e. The molecule has 0 aromatic rings. The third-order valence-electron chi connectivity index (χ3n) is 6.03. The molecule has 0 spiro atoms. The molecular weight excluding hydrogens is 420 g/mol. The summed E-state index contributed by atoms with van der Waals surface area (Å²) in [6.07, 6.45) is -0.105. The number of esters is 4. The Morgan fingerprint density at radius 1 is 1.31 bits per heavy atom. The van der Waals surface area contributed by atoms with Gasteiger partial charge in [-0.1, -0.05) is 26.5 Å². The van der Waals surface area contributed by atoms with E-state index in [1.54, 1.807) is 13.0 Å². The number of carbonyl (C=O) groups excluding carboxylic acids is 4. The van der Waals surface area contributed by atoms with Gasteiger partial charge in [-0.05, 0) is 31.6 Å². The molecule has 0 amide bonds. The number of rotatable bonds is 6. The van der Waals surface area contributed by atoms with Crippen LogP contribution in [0, 0.1) is 17.8 Å². The highest BCUT2D eigenvalue weighted by Gasteiger charge is 2.51. The minimum atomic E-state index is -1.32. The second-order valence-electron chi connectivity index (χ2n) is 8.25. The molecule has 0 unspecified atom stereocenters. The Hall–Kier alpha value is -2.68. The number of fused-ring (bicyclic) bond motifs is 1. The number of aliphatic hydroxyl groups excluding tert-OH is 1. The number of hydrogen-bond donors (Lipinski definition) is 1. The van der Waals surface area contributed by atoms with Gasteiger partial charge in [0, 0.05) is 19.1 Å². The third-order valence-corrected chi connectivity index (χ3v) is 6.03. The summed E-state index contributed by atoms with van der Waals surface area (Å²) < 4.78 is 21.7. The zero-order valence-corrected chi connectivity index (χ0v) is 19.0. The van der Waals surface area contributed by atoms with Crippen molar-refractivity contribution in [2.45, 2.75) is 64.8 Å². The van der Waals surface area contributed by atoms with E-state index in [9.17, 15) is 24.3 Å². The Kier molecular flexibility index (Phi) is 9.00. The molecule has 1 heterocycles. The van der Waals surface area contributed by atoms with Crippen LogP contribution in [0.25, 0.3) is 0 Å². The van der Waals surface area contributed by atoms with Gasteiger partial charge in [-0.2, -0.15) is 0 Å². The second kappa shape index (κ2) is 11.3. The second-order valence-corrected chi connectivity index (χ2v) is 8.25. The van der Waals surface area contributed by atoms with Crippen LogP contribution in [0.3, 0.4) is 0 Å². The van der Waals surface area contributed by atoms with Crippen LogP contribution >= 0.6 is 0 Å². The smallest absolute Gasteiger partial charge is 0.337 e. The van der Waals surface area contributed by atoms with Gasteiger partial charge in [-0.3, -0.25) is 9.59 Å². The number of carbonyl (C=O) groups is 4. The third kappa shape index (κ3) is 5.76. The summed E-state index contributed by atoms with van der Waals surface area (Å²) >= 11 is 0. The van der Waals surface area contributed by atoms with Crippen molar-refractivity contribution in [1.29, 1.82) is 0 Å². The molecule has 1 saturated heterocycles. The molecule has 0 bridgehead atoms. The molecule has 6 atom stereocenters. The van der Waals surface area contributed by atoms with Crippen molar-refractivity contribution in [1.82, 2.24) is 0 Å². The van der Waals surface area contributed by atoms with Gasteiger partial charge < -0.3 is 24.1 Å². The normalized spacial score (nSPS) is 30.8. The minimum absolute atomic E-state index is 0.00543. The first-order valence-corrected chi connectivity index (χ1v) is 10.8. The molecule has 1 aliphatic carbocycles. The first-order chi connectivity index (χ1) is 15.1. The average molecular weight is 453 g/mol. The highest BCUT2D eigenvalue weighted by atomic mass is 16.6. The monoisotopic (exact) mass is 452 g/mol. The van der Waals surface area contributed by atoms with E-state index in [0.29, 0.717) is 25.7 Å². The lowest BCUT2D eigenvalue weighted by atomic mass is 9.80. The number of allylic oxidation sites excluding steroid dienone is 1. The highest BCUT2D eigenvalue weighted by molar-refractivity contribution is 5.92. The van der Waals surface area contributed by atoms with Crippen LogP contribution in [0.15, 0.2) is 23.8 Å². The average Bonchev–Trinajstić information content (AvgIpc) is 3.04. The van der Waals surface area contributed by atoms with Gasteiger partial charge in [-0.25, -0.2) is 9.59 Å². The summed E-state index contributed by atoms with van der Waals surface area (Å²) in [4.78, 5) is 49.8. The van der Waals surface area contributed by atoms with Gasteiger partial charge in [0.1, 0.15) is 6.10 Å². The molecule has 9 nitrogen and oxygen atoms in total. The zero-order chi connectivity index (χ0) is 24.0. The van der Waals surface area contributed by atoms with Crippen LogP contribution in [-0.2, 0) is 38.1 Å². The standard InChI is InChI=1S/C23H32O9/c1-6-12(2)21(26)32-20-18-13(3)22(27)31-17(18)10-15(11-24)8-7-9-16(23(28)29-5)19(20)30-14(4)25/h9,12,15,17-20,24H,3,6-8,10-11H2,1-2,4-5H3/b16-9+/t12-,15-,17+,18-,19-,20-/m0/s1. The summed E-state index contributed by atoms with van der Waals surface area (Å²) in [5.41, 5.74) is 0.0460. The Morgan fingerprint density at radius 2 is 2.00 bits per heavy atom. The Bertz CT molecular complexity index is 784. The summed E-state index contributed by atoms with van der Waals surface area (Å²) in [6.45, 7) is 8.34. The van der Waals surface area contributed by atoms with Crippen molar-refractivity contribution < 1.29 is 43.2 Å². The summed E-state index contributed by atoms with van der Waals surface area (Å²) in [5, 5.41) is 9.80. The lowest BCUT2D eigenvalue weighted by Gasteiger charge is -2.35. The lowest BCUT2D eigenvalue weighted by molar-refractivity contribution is -0.174. The van der Waals surface area contributed by atoms with Crippen molar-refractivity contribution in [3.63, 3.8) is 0 Å². The summed E-state index contributed by atoms with van der Waals surface area (Å²) in [5.74, 6) is -4.26. The van der Waals surface area contributed by atoms with Crippen molar-refractivity contribution in [3.05, 3.63) is 23.8 Å². The van der Waals surface area contributed by atoms with E-state index in [2.05, 4.69) is 6.58 Å². The first-order valence-electron chi connectivity index (χ1n) is 10.8. The first kappa shape index (κ1) is 25.6. The van der Waals surface area contributed by atoms with E-state index in [0.717, 1.165) is 0 Å². The predicted molar refractivity (Wildman–Crippen MR) is 112 cm³/mol. The number of hydrogen-bond acceptors (Lipinski definition) is 9. The molecule has 2 rings (SSSR count).